The number of fused-ring (bicyclic) bond motifs is 4. The van der Waals surface area contributed by atoms with Crippen molar-refractivity contribution in [3.63, 3.8) is 0 Å². The highest BCUT2D eigenvalue weighted by molar-refractivity contribution is 6.30. The number of hydrogen-bond acceptors (Lipinski definition) is 3. The largest absolute Gasteiger partial charge is 0.337 e. The molecule has 6 heteroatoms. The number of halogens is 1. The van der Waals surface area contributed by atoms with Gasteiger partial charge >= 0.3 is 0 Å². The van der Waals surface area contributed by atoms with E-state index in [9.17, 15) is 9.59 Å². The summed E-state index contributed by atoms with van der Waals surface area (Å²) >= 11 is 5.89. The number of pyridine rings is 1. The van der Waals surface area contributed by atoms with Gasteiger partial charge in [-0.1, -0.05) is 41.9 Å². The van der Waals surface area contributed by atoms with Crippen LogP contribution in [0.3, 0.4) is 0 Å². The lowest BCUT2D eigenvalue weighted by molar-refractivity contribution is 0.0735. The highest BCUT2D eigenvalue weighted by atomic mass is 35.5. The van der Waals surface area contributed by atoms with E-state index in [-0.39, 0.29) is 16.5 Å². The Morgan fingerprint density at radius 1 is 1.15 bits per heavy atom. The van der Waals surface area contributed by atoms with E-state index in [1.165, 1.54) is 17.8 Å². The summed E-state index contributed by atoms with van der Waals surface area (Å²) in [5.74, 6) is 0.432. The normalized spacial score (nSPS) is 23.0. The number of carbonyl (C=O) groups excluding carboxylic acids is 1. The molecule has 3 saturated heterocycles. The minimum absolute atomic E-state index is 0.0541. The highest BCUT2D eigenvalue weighted by Gasteiger charge is 2.36. The van der Waals surface area contributed by atoms with Crippen LogP contribution in [0.25, 0.3) is 0 Å². The summed E-state index contributed by atoms with van der Waals surface area (Å²) in [5, 5.41) is 0.0550. The molecule has 0 saturated carbocycles. The Morgan fingerprint density at radius 2 is 1.96 bits per heavy atom. The molecule has 2 aromatic rings. The Morgan fingerprint density at radius 3 is 2.73 bits per heavy atom. The van der Waals surface area contributed by atoms with E-state index < -0.39 is 0 Å². The van der Waals surface area contributed by atoms with Crippen LogP contribution in [0, 0.1) is 5.92 Å². The second kappa shape index (κ2) is 7.25. The van der Waals surface area contributed by atoms with Gasteiger partial charge in [-0.15, -0.1) is 0 Å². The minimum Gasteiger partial charge on any atom is -0.337 e. The van der Waals surface area contributed by atoms with Crippen LogP contribution in [-0.2, 0) is 6.54 Å². The molecular formula is C20H22ClN3O2. The second-order valence-electron chi connectivity index (χ2n) is 7.29. The zero-order chi connectivity index (χ0) is 18.1. The molecule has 26 heavy (non-hydrogen) atoms. The average Bonchev–Trinajstić information content (AvgIpc) is 2.96. The van der Waals surface area contributed by atoms with Crippen LogP contribution in [0.4, 0.5) is 0 Å². The smallest absolute Gasteiger partial charge is 0.266 e. The number of piperidine rings is 1. The van der Waals surface area contributed by atoms with Crippen LogP contribution in [0.5, 0.6) is 0 Å². The lowest BCUT2D eigenvalue weighted by Gasteiger charge is -2.36. The van der Waals surface area contributed by atoms with Gasteiger partial charge in [0.2, 0.25) is 0 Å². The fourth-order valence-electron chi connectivity index (χ4n) is 4.12. The molecule has 0 unspecified atom stereocenters. The summed E-state index contributed by atoms with van der Waals surface area (Å²) in [6, 6.07) is 12.3. The van der Waals surface area contributed by atoms with Crippen LogP contribution in [-0.4, -0.2) is 46.4 Å². The standard InChI is InChI=1S/C20H22ClN3O2/c21-18-8-16(9-22-19(18)25)20(26)24-12-15-6-7-17(13-24)23(11-15)10-14-4-2-1-3-5-14/h1-5,8-9,15,17H,6-7,10-13H2,(H,22,25)/t15-,17-/m1/s1. The lowest BCUT2D eigenvalue weighted by atomic mass is 9.94. The maximum atomic E-state index is 12.9. The summed E-state index contributed by atoms with van der Waals surface area (Å²) in [4.78, 5) is 31.3. The monoisotopic (exact) mass is 371 g/mol. The number of aromatic nitrogens is 1. The molecular weight excluding hydrogens is 350 g/mol. The molecule has 1 aromatic carbocycles. The van der Waals surface area contributed by atoms with Gasteiger partial charge in [-0.3, -0.25) is 14.5 Å². The summed E-state index contributed by atoms with van der Waals surface area (Å²) in [6.07, 6.45) is 3.74. The molecule has 0 aliphatic carbocycles. The van der Waals surface area contributed by atoms with Crippen molar-refractivity contribution < 1.29 is 4.79 Å². The molecule has 0 radical (unpaired) electrons. The number of nitrogens with zero attached hydrogens (tertiary/aromatic N) is 2. The first kappa shape index (κ1) is 17.3. The van der Waals surface area contributed by atoms with Crippen LogP contribution in [0.1, 0.15) is 28.8 Å². The van der Waals surface area contributed by atoms with Gasteiger partial charge < -0.3 is 9.88 Å². The third-order valence-corrected chi connectivity index (χ3v) is 5.73. The Labute approximate surface area is 157 Å². The van der Waals surface area contributed by atoms with Crippen molar-refractivity contribution in [2.45, 2.75) is 25.4 Å². The predicted octanol–water partition coefficient (Wildman–Crippen LogP) is 2.76. The topological polar surface area (TPSA) is 56.4 Å². The quantitative estimate of drug-likeness (QED) is 0.902. The Hall–Kier alpha value is -2.11. The van der Waals surface area contributed by atoms with Crippen molar-refractivity contribution in [1.82, 2.24) is 14.8 Å². The number of benzene rings is 1. The number of aromatic amines is 1. The van der Waals surface area contributed by atoms with Crippen LogP contribution >= 0.6 is 11.6 Å². The fourth-order valence-corrected chi connectivity index (χ4v) is 4.29. The molecule has 3 fully saturated rings. The van der Waals surface area contributed by atoms with Crippen molar-refractivity contribution in [2.24, 2.45) is 5.92 Å². The summed E-state index contributed by atoms with van der Waals surface area (Å²) < 4.78 is 0. The SMILES string of the molecule is O=C(c1c[nH]c(=O)c(Cl)c1)N1C[C@@H]2CC[C@H](C1)N(Cc1ccccc1)C2. The molecule has 5 rings (SSSR count). The van der Waals surface area contributed by atoms with Gasteiger partial charge in [0.05, 0.1) is 5.56 Å². The predicted molar refractivity (Wildman–Crippen MR) is 101 cm³/mol. The zero-order valence-corrected chi connectivity index (χ0v) is 15.3. The maximum Gasteiger partial charge on any atom is 0.266 e. The fraction of sp³-hybridized carbons (Fsp3) is 0.400. The lowest BCUT2D eigenvalue weighted by Crippen LogP contribution is -2.43. The number of hydrogen-bond donors (Lipinski definition) is 1. The van der Waals surface area contributed by atoms with Gasteiger partial charge in [0, 0.05) is 38.4 Å². The Bertz CT molecular complexity index is 852. The van der Waals surface area contributed by atoms with E-state index in [2.05, 4.69) is 34.1 Å². The Balaban J connectivity index is 1.51. The average molecular weight is 372 g/mol. The van der Waals surface area contributed by atoms with Crippen LogP contribution in [0.15, 0.2) is 47.4 Å². The second-order valence-corrected chi connectivity index (χ2v) is 7.69. The first-order chi connectivity index (χ1) is 12.6. The highest BCUT2D eigenvalue weighted by Crippen LogP contribution is 2.30. The molecule has 4 heterocycles. The first-order valence-electron chi connectivity index (χ1n) is 9.05. The molecule has 136 valence electrons. The number of nitrogens with one attached hydrogen (secondary N) is 1. The first-order valence-corrected chi connectivity index (χ1v) is 9.43. The van der Waals surface area contributed by atoms with Gasteiger partial charge in [0.25, 0.3) is 11.5 Å². The molecule has 2 bridgehead atoms. The number of rotatable bonds is 3. The zero-order valence-electron chi connectivity index (χ0n) is 14.5. The van der Waals surface area contributed by atoms with Crippen molar-refractivity contribution in [3.8, 4) is 0 Å². The summed E-state index contributed by atoms with van der Waals surface area (Å²) in [7, 11) is 0. The van der Waals surface area contributed by atoms with E-state index in [1.54, 1.807) is 0 Å². The van der Waals surface area contributed by atoms with Crippen molar-refractivity contribution in [1.29, 1.82) is 0 Å². The van der Waals surface area contributed by atoms with Crippen molar-refractivity contribution in [2.75, 3.05) is 19.6 Å². The molecule has 5 nitrogen and oxygen atoms in total. The van der Waals surface area contributed by atoms with E-state index in [0.717, 1.165) is 39.0 Å². The van der Waals surface area contributed by atoms with Crippen LogP contribution in [0.2, 0.25) is 5.02 Å². The van der Waals surface area contributed by atoms with E-state index in [0.29, 0.717) is 17.5 Å². The number of H-pyrrole nitrogens is 1. The number of amides is 1. The molecule has 2 atom stereocenters. The van der Waals surface area contributed by atoms with E-state index in [1.807, 2.05) is 11.0 Å². The van der Waals surface area contributed by atoms with Gasteiger partial charge in [-0.05, 0) is 30.4 Å². The van der Waals surface area contributed by atoms with Crippen molar-refractivity contribution >= 4 is 17.5 Å². The molecule has 0 spiro atoms. The molecule has 3 aliphatic rings. The third-order valence-electron chi connectivity index (χ3n) is 5.45. The van der Waals surface area contributed by atoms with Gasteiger partial charge in [-0.25, -0.2) is 0 Å². The molecule has 1 aromatic heterocycles. The van der Waals surface area contributed by atoms with Gasteiger partial charge in [-0.2, -0.15) is 0 Å². The molecule has 3 aliphatic heterocycles. The van der Waals surface area contributed by atoms with Gasteiger partial charge in [0.15, 0.2) is 0 Å². The summed E-state index contributed by atoms with van der Waals surface area (Å²) in [5.41, 5.74) is 1.39. The van der Waals surface area contributed by atoms with E-state index >= 15 is 0 Å². The summed E-state index contributed by atoms with van der Waals surface area (Å²) in [6.45, 7) is 3.43. The number of carbonyl (C=O) groups is 1. The van der Waals surface area contributed by atoms with E-state index in [4.69, 9.17) is 11.6 Å². The molecule has 1 amide bonds. The Kier molecular flexibility index (Phi) is 4.83. The minimum atomic E-state index is -0.367. The maximum absolute atomic E-state index is 12.9. The molecule has 1 N–H and O–H groups in total. The third kappa shape index (κ3) is 3.55. The van der Waals surface area contributed by atoms with Gasteiger partial charge in [0.1, 0.15) is 5.02 Å². The van der Waals surface area contributed by atoms with Crippen LogP contribution < -0.4 is 5.56 Å². The van der Waals surface area contributed by atoms with Crippen molar-refractivity contribution in [3.05, 3.63) is 69.1 Å².